The minimum Gasteiger partial charge on any atom is -0.481 e. The predicted octanol–water partition coefficient (Wildman–Crippen LogP) is 2.25. The summed E-state index contributed by atoms with van der Waals surface area (Å²) in [6, 6.07) is 9.86. The fourth-order valence-corrected chi connectivity index (χ4v) is 3.25. The van der Waals surface area contributed by atoms with E-state index in [-0.39, 0.29) is 12.2 Å². The van der Waals surface area contributed by atoms with E-state index >= 15 is 0 Å². The molecule has 90 valence electrons. The number of carbonyl (C=O) groups is 1. The number of hydrogen-bond donors (Lipinski definition) is 1. The van der Waals surface area contributed by atoms with Crippen molar-refractivity contribution < 1.29 is 14.6 Å². The minimum atomic E-state index is -0.700. The zero-order valence-electron chi connectivity index (χ0n) is 9.63. The van der Waals surface area contributed by atoms with E-state index in [1.54, 1.807) is 0 Å². The molecule has 3 heteroatoms. The van der Waals surface area contributed by atoms with Gasteiger partial charge >= 0.3 is 5.97 Å². The first-order chi connectivity index (χ1) is 8.21. The van der Waals surface area contributed by atoms with Gasteiger partial charge in [0.15, 0.2) is 0 Å². The molecule has 0 amide bonds. The Hall–Kier alpha value is -1.35. The lowest BCUT2D eigenvalue weighted by atomic mass is 9.70. The van der Waals surface area contributed by atoms with E-state index in [0.717, 1.165) is 18.4 Å². The highest BCUT2D eigenvalue weighted by atomic mass is 16.5. The lowest BCUT2D eigenvalue weighted by molar-refractivity contribution is -0.152. The molecule has 2 heterocycles. The molecule has 1 aromatic rings. The summed E-state index contributed by atoms with van der Waals surface area (Å²) in [7, 11) is 0. The Morgan fingerprint density at radius 1 is 1.35 bits per heavy atom. The predicted molar refractivity (Wildman–Crippen MR) is 62.7 cm³/mol. The van der Waals surface area contributed by atoms with Crippen LogP contribution in [0, 0.1) is 5.41 Å². The van der Waals surface area contributed by atoms with E-state index in [9.17, 15) is 9.90 Å². The van der Waals surface area contributed by atoms with Crippen molar-refractivity contribution in [3.8, 4) is 0 Å². The normalized spacial score (nSPS) is 35.1. The van der Waals surface area contributed by atoms with Gasteiger partial charge in [-0.2, -0.15) is 0 Å². The highest BCUT2D eigenvalue weighted by molar-refractivity contribution is 5.76. The summed E-state index contributed by atoms with van der Waals surface area (Å²) in [5.74, 6) is -0.700. The minimum absolute atomic E-state index is 0.0924. The Bertz CT molecular complexity index is 428. The van der Waals surface area contributed by atoms with Gasteiger partial charge in [0, 0.05) is 0 Å². The Labute approximate surface area is 100 Å². The van der Waals surface area contributed by atoms with Crippen molar-refractivity contribution in [1.82, 2.24) is 0 Å². The smallest absolute Gasteiger partial charge is 0.312 e. The van der Waals surface area contributed by atoms with Crippen molar-refractivity contribution in [1.29, 1.82) is 0 Å². The first-order valence-corrected chi connectivity index (χ1v) is 6.13. The Morgan fingerprint density at radius 3 is 2.65 bits per heavy atom. The molecule has 2 fully saturated rings. The van der Waals surface area contributed by atoms with Crippen LogP contribution >= 0.6 is 0 Å². The lowest BCUT2D eigenvalue weighted by Crippen LogP contribution is -2.42. The monoisotopic (exact) mass is 232 g/mol. The third kappa shape index (κ3) is 1.65. The summed E-state index contributed by atoms with van der Waals surface area (Å²) < 4.78 is 5.74. The molecule has 3 unspecified atom stereocenters. The van der Waals surface area contributed by atoms with Crippen molar-refractivity contribution in [2.45, 2.75) is 37.9 Å². The highest BCUT2D eigenvalue weighted by Crippen LogP contribution is 2.49. The van der Waals surface area contributed by atoms with Gasteiger partial charge in [0.1, 0.15) is 5.41 Å². The average Bonchev–Trinajstić information content (AvgIpc) is 2.91. The molecule has 1 N–H and O–H groups in total. The maximum absolute atomic E-state index is 11.6. The first-order valence-electron chi connectivity index (χ1n) is 6.13. The number of carboxylic acid groups (broad SMARTS) is 1. The topological polar surface area (TPSA) is 46.5 Å². The van der Waals surface area contributed by atoms with E-state index in [0.29, 0.717) is 12.8 Å². The zero-order valence-corrected chi connectivity index (χ0v) is 9.63. The van der Waals surface area contributed by atoms with E-state index in [2.05, 4.69) is 0 Å². The third-order valence-corrected chi connectivity index (χ3v) is 4.10. The second-order valence-corrected chi connectivity index (χ2v) is 5.15. The fraction of sp³-hybridized carbons (Fsp3) is 0.500. The van der Waals surface area contributed by atoms with Gasteiger partial charge in [0.05, 0.1) is 12.2 Å². The fourth-order valence-electron chi connectivity index (χ4n) is 3.25. The molecule has 2 saturated heterocycles. The van der Waals surface area contributed by atoms with Crippen LogP contribution in [0.25, 0.3) is 0 Å². The molecule has 3 nitrogen and oxygen atoms in total. The summed E-state index contributed by atoms with van der Waals surface area (Å²) in [6.45, 7) is 0. The van der Waals surface area contributed by atoms with Crippen molar-refractivity contribution in [3.63, 3.8) is 0 Å². The van der Waals surface area contributed by atoms with Gasteiger partial charge in [-0.15, -0.1) is 0 Å². The second-order valence-electron chi connectivity index (χ2n) is 5.15. The largest absolute Gasteiger partial charge is 0.481 e. The highest BCUT2D eigenvalue weighted by Gasteiger charge is 2.57. The van der Waals surface area contributed by atoms with Crippen molar-refractivity contribution in [3.05, 3.63) is 35.9 Å². The summed E-state index contributed by atoms with van der Waals surface area (Å²) in [6.07, 6.45) is 3.25. The molecular formula is C14H16O3. The van der Waals surface area contributed by atoms with Crippen molar-refractivity contribution in [2.24, 2.45) is 5.41 Å². The van der Waals surface area contributed by atoms with Crippen molar-refractivity contribution in [2.75, 3.05) is 0 Å². The van der Waals surface area contributed by atoms with Crippen LogP contribution in [0.1, 0.15) is 24.8 Å². The van der Waals surface area contributed by atoms with Crippen LogP contribution in [0.15, 0.2) is 30.3 Å². The van der Waals surface area contributed by atoms with Crippen LogP contribution in [0.3, 0.4) is 0 Å². The van der Waals surface area contributed by atoms with E-state index in [1.807, 2.05) is 30.3 Å². The Kier molecular flexibility index (Phi) is 2.44. The summed E-state index contributed by atoms with van der Waals surface area (Å²) in [4.78, 5) is 11.6. The number of benzene rings is 1. The van der Waals surface area contributed by atoms with E-state index in [1.165, 1.54) is 0 Å². The molecule has 0 aliphatic carbocycles. The van der Waals surface area contributed by atoms with Crippen LogP contribution in [-0.4, -0.2) is 23.3 Å². The van der Waals surface area contributed by atoms with Gasteiger partial charge in [-0.3, -0.25) is 4.79 Å². The molecular weight excluding hydrogens is 216 g/mol. The molecule has 0 aromatic heterocycles. The summed E-state index contributed by atoms with van der Waals surface area (Å²) >= 11 is 0. The van der Waals surface area contributed by atoms with Gasteiger partial charge in [0.2, 0.25) is 0 Å². The zero-order chi connectivity index (χ0) is 11.9. The van der Waals surface area contributed by atoms with Gasteiger partial charge in [-0.1, -0.05) is 30.3 Å². The van der Waals surface area contributed by atoms with Crippen LogP contribution < -0.4 is 0 Å². The standard InChI is InChI=1S/C14H16O3/c15-13(16)14(8-10-4-2-1-3-5-10)9-11-6-7-12(14)17-11/h1-5,11-12H,6-9H2,(H,15,16). The molecule has 17 heavy (non-hydrogen) atoms. The van der Waals surface area contributed by atoms with Crippen LogP contribution in [-0.2, 0) is 16.0 Å². The molecule has 3 rings (SSSR count). The van der Waals surface area contributed by atoms with Gasteiger partial charge in [-0.05, 0) is 31.2 Å². The first kappa shape index (κ1) is 10.8. The van der Waals surface area contributed by atoms with Gasteiger partial charge in [-0.25, -0.2) is 0 Å². The molecule has 0 saturated carbocycles. The number of fused-ring (bicyclic) bond motifs is 2. The number of ether oxygens (including phenoxy) is 1. The van der Waals surface area contributed by atoms with E-state index in [4.69, 9.17) is 4.74 Å². The lowest BCUT2D eigenvalue weighted by Gasteiger charge is -2.31. The molecule has 1 aromatic carbocycles. The van der Waals surface area contributed by atoms with Crippen LogP contribution in [0.2, 0.25) is 0 Å². The number of hydrogen-bond acceptors (Lipinski definition) is 2. The number of aliphatic carboxylic acids is 1. The van der Waals surface area contributed by atoms with E-state index < -0.39 is 11.4 Å². The average molecular weight is 232 g/mol. The number of rotatable bonds is 3. The molecule has 0 spiro atoms. The Balaban J connectivity index is 1.89. The van der Waals surface area contributed by atoms with Crippen LogP contribution in [0.4, 0.5) is 0 Å². The quantitative estimate of drug-likeness (QED) is 0.869. The van der Waals surface area contributed by atoms with Gasteiger partial charge < -0.3 is 9.84 Å². The molecule has 2 bridgehead atoms. The summed E-state index contributed by atoms with van der Waals surface area (Å²) in [5.41, 5.74) is 0.399. The number of carboxylic acids is 1. The van der Waals surface area contributed by atoms with Crippen molar-refractivity contribution >= 4 is 5.97 Å². The third-order valence-electron chi connectivity index (χ3n) is 4.10. The molecule has 0 radical (unpaired) electrons. The maximum atomic E-state index is 11.6. The summed E-state index contributed by atoms with van der Waals surface area (Å²) in [5, 5.41) is 9.57. The molecule has 3 atom stereocenters. The Morgan fingerprint density at radius 2 is 2.12 bits per heavy atom. The van der Waals surface area contributed by atoms with Crippen LogP contribution in [0.5, 0.6) is 0 Å². The SMILES string of the molecule is O=C(O)C1(Cc2ccccc2)CC2CCC1O2. The molecule has 2 aliphatic rings. The molecule has 2 aliphatic heterocycles. The maximum Gasteiger partial charge on any atom is 0.312 e. The van der Waals surface area contributed by atoms with Gasteiger partial charge in [0.25, 0.3) is 0 Å². The second kappa shape index (κ2) is 3.84.